The molecule has 2 rings (SSSR count). The number of phenolic OH excluding ortho intramolecular Hbond substituents is 1. The highest BCUT2D eigenvalue weighted by Gasteiger charge is 2.32. The van der Waals surface area contributed by atoms with Crippen molar-refractivity contribution in [2.75, 3.05) is 13.7 Å². The van der Waals surface area contributed by atoms with Gasteiger partial charge in [0.15, 0.2) is 6.61 Å². The minimum Gasteiger partial charge on any atom is -0.507 e. The second kappa shape index (κ2) is 8.98. The van der Waals surface area contributed by atoms with Crippen LogP contribution in [0.2, 0.25) is 0 Å². The summed E-state index contributed by atoms with van der Waals surface area (Å²) in [6.45, 7) is -0.967. The summed E-state index contributed by atoms with van der Waals surface area (Å²) in [5.41, 5.74) is -0.110. The molecule has 0 saturated heterocycles. The fraction of sp³-hybridized carbons (Fsp3) is 0.222. The van der Waals surface area contributed by atoms with Gasteiger partial charge < -0.3 is 24.6 Å². The first-order chi connectivity index (χ1) is 13.2. The number of nitrogens with one attached hydrogen (secondary N) is 1. The summed E-state index contributed by atoms with van der Waals surface area (Å²) in [6, 6.07) is 9.19. The molecule has 0 bridgehead atoms. The molecule has 1 amide bonds. The van der Waals surface area contributed by atoms with Crippen LogP contribution in [0.25, 0.3) is 0 Å². The van der Waals surface area contributed by atoms with Crippen LogP contribution in [-0.4, -0.2) is 37.1 Å². The summed E-state index contributed by atoms with van der Waals surface area (Å²) in [5.74, 6) is -2.22. The maximum absolute atomic E-state index is 12.4. The van der Waals surface area contributed by atoms with E-state index in [0.717, 1.165) is 6.07 Å². The first-order valence-electron chi connectivity index (χ1n) is 7.84. The zero-order valence-electron chi connectivity index (χ0n) is 14.6. The highest BCUT2D eigenvalue weighted by atomic mass is 19.4. The molecule has 0 spiro atoms. The number of phenols is 1. The molecule has 0 aliphatic carbocycles. The molecule has 0 heterocycles. The van der Waals surface area contributed by atoms with E-state index in [1.165, 1.54) is 43.5 Å². The lowest BCUT2D eigenvalue weighted by molar-refractivity contribution is -0.274. The van der Waals surface area contributed by atoms with Crippen LogP contribution in [-0.2, 0) is 16.1 Å². The molecule has 0 saturated carbocycles. The predicted octanol–water partition coefficient (Wildman–Crippen LogP) is 2.77. The van der Waals surface area contributed by atoms with Crippen molar-refractivity contribution in [3.63, 3.8) is 0 Å². The summed E-state index contributed by atoms with van der Waals surface area (Å²) >= 11 is 0. The van der Waals surface area contributed by atoms with E-state index in [0.29, 0.717) is 5.75 Å². The molecule has 2 N–H and O–H groups in total. The largest absolute Gasteiger partial charge is 0.573 e. The van der Waals surface area contributed by atoms with Gasteiger partial charge in [-0.3, -0.25) is 4.79 Å². The highest BCUT2D eigenvalue weighted by molar-refractivity contribution is 5.94. The molecular formula is C18H16F3NO6. The van der Waals surface area contributed by atoms with Crippen molar-refractivity contribution in [3.05, 3.63) is 53.6 Å². The Balaban J connectivity index is 1.91. The number of amides is 1. The number of halogens is 3. The number of carbonyl (C=O) groups is 2. The number of hydrogen-bond donors (Lipinski definition) is 2. The van der Waals surface area contributed by atoms with Gasteiger partial charge in [0.1, 0.15) is 22.8 Å². The van der Waals surface area contributed by atoms with E-state index in [1.807, 2.05) is 0 Å². The van der Waals surface area contributed by atoms with E-state index in [1.54, 1.807) is 0 Å². The van der Waals surface area contributed by atoms with Crippen molar-refractivity contribution in [3.8, 4) is 17.2 Å². The maximum atomic E-state index is 12.4. The zero-order valence-corrected chi connectivity index (χ0v) is 14.6. The minimum atomic E-state index is -4.87. The number of ether oxygens (including phenoxy) is 3. The van der Waals surface area contributed by atoms with Crippen LogP contribution >= 0.6 is 0 Å². The number of hydrogen-bond acceptors (Lipinski definition) is 6. The number of benzene rings is 2. The number of carbonyl (C=O) groups excluding carboxylic acids is 2. The summed E-state index contributed by atoms with van der Waals surface area (Å²) in [6.07, 6.45) is -4.87. The summed E-state index contributed by atoms with van der Waals surface area (Å²) < 4.78 is 50.7. The van der Waals surface area contributed by atoms with Crippen LogP contribution in [0.4, 0.5) is 13.2 Å². The monoisotopic (exact) mass is 399 g/mol. The molecule has 7 nitrogen and oxygen atoms in total. The lowest BCUT2D eigenvalue weighted by atomic mass is 10.2. The number of alkyl halides is 3. The molecule has 0 aliphatic heterocycles. The molecule has 0 aliphatic rings. The Hall–Kier alpha value is -3.43. The second-order valence-corrected chi connectivity index (χ2v) is 5.39. The van der Waals surface area contributed by atoms with Crippen LogP contribution in [0.15, 0.2) is 42.5 Å². The molecule has 2 aromatic rings. The van der Waals surface area contributed by atoms with Gasteiger partial charge in [0, 0.05) is 12.1 Å². The van der Waals surface area contributed by atoms with Crippen molar-refractivity contribution in [2.24, 2.45) is 0 Å². The molecule has 10 heteroatoms. The number of esters is 1. The maximum Gasteiger partial charge on any atom is 0.573 e. The van der Waals surface area contributed by atoms with Gasteiger partial charge in [-0.2, -0.15) is 0 Å². The van der Waals surface area contributed by atoms with Gasteiger partial charge in [-0.25, -0.2) is 4.79 Å². The van der Waals surface area contributed by atoms with E-state index in [9.17, 15) is 27.9 Å². The molecule has 0 atom stereocenters. The Kier molecular flexibility index (Phi) is 6.69. The Labute approximate surface area is 157 Å². The Morgan fingerprint density at radius 2 is 1.86 bits per heavy atom. The fourth-order valence-corrected chi connectivity index (χ4v) is 2.13. The smallest absolute Gasteiger partial charge is 0.507 e. The first kappa shape index (κ1) is 20.9. The molecule has 2 aromatic carbocycles. The van der Waals surface area contributed by atoms with Crippen molar-refractivity contribution < 1.29 is 42.1 Å². The summed E-state index contributed by atoms with van der Waals surface area (Å²) in [4.78, 5) is 23.8. The Morgan fingerprint density at radius 1 is 1.14 bits per heavy atom. The lowest BCUT2D eigenvalue weighted by Gasteiger charge is -2.13. The average Bonchev–Trinajstić information content (AvgIpc) is 2.64. The van der Waals surface area contributed by atoms with Gasteiger partial charge in [-0.05, 0) is 24.3 Å². The molecule has 0 unspecified atom stereocenters. The number of methoxy groups -OCH3 is 1. The highest BCUT2D eigenvalue weighted by Crippen LogP contribution is 2.26. The van der Waals surface area contributed by atoms with Crippen LogP contribution < -0.4 is 14.8 Å². The summed E-state index contributed by atoms with van der Waals surface area (Å²) in [7, 11) is 1.37. The van der Waals surface area contributed by atoms with Crippen LogP contribution in [0.3, 0.4) is 0 Å². The lowest BCUT2D eigenvalue weighted by Crippen LogP contribution is -2.29. The third-order valence-electron chi connectivity index (χ3n) is 3.43. The van der Waals surface area contributed by atoms with Gasteiger partial charge in [-0.15, -0.1) is 13.2 Å². The molecule has 0 fully saturated rings. The van der Waals surface area contributed by atoms with Crippen molar-refractivity contribution >= 4 is 11.9 Å². The molecule has 150 valence electrons. The quantitative estimate of drug-likeness (QED) is 0.696. The molecule has 0 radical (unpaired) electrons. The third kappa shape index (κ3) is 6.08. The van der Waals surface area contributed by atoms with Crippen LogP contribution in [0.5, 0.6) is 17.2 Å². The van der Waals surface area contributed by atoms with E-state index in [4.69, 9.17) is 9.47 Å². The number of para-hydroxylation sites is 1. The number of rotatable bonds is 7. The average molecular weight is 399 g/mol. The van der Waals surface area contributed by atoms with Gasteiger partial charge in [0.25, 0.3) is 5.91 Å². The molecule has 0 aromatic heterocycles. The Bertz CT molecular complexity index is 853. The van der Waals surface area contributed by atoms with E-state index >= 15 is 0 Å². The normalized spacial score (nSPS) is 10.9. The fourth-order valence-electron chi connectivity index (χ4n) is 2.13. The van der Waals surface area contributed by atoms with Crippen LogP contribution in [0.1, 0.15) is 15.9 Å². The number of aromatic hydroxyl groups is 1. The van der Waals surface area contributed by atoms with Gasteiger partial charge in [0.2, 0.25) is 0 Å². The summed E-state index contributed by atoms with van der Waals surface area (Å²) in [5, 5.41) is 12.0. The van der Waals surface area contributed by atoms with Gasteiger partial charge in [0.05, 0.1) is 7.11 Å². The standard InChI is InChI=1S/C18H16F3NO6/c1-26-12-6-7-14(23)13(8-12)17(25)27-10-16(24)22-9-11-4-2-3-5-15(11)28-18(19,20)21/h2-8,23H,9-10H2,1H3,(H,22,24). The van der Waals surface area contributed by atoms with Crippen molar-refractivity contribution in [2.45, 2.75) is 12.9 Å². The first-order valence-corrected chi connectivity index (χ1v) is 7.84. The van der Waals surface area contributed by atoms with Crippen LogP contribution in [0, 0.1) is 0 Å². The second-order valence-electron chi connectivity index (χ2n) is 5.39. The van der Waals surface area contributed by atoms with Gasteiger partial charge >= 0.3 is 12.3 Å². The predicted molar refractivity (Wildman–Crippen MR) is 89.9 cm³/mol. The van der Waals surface area contributed by atoms with Gasteiger partial charge in [-0.1, -0.05) is 18.2 Å². The molecule has 28 heavy (non-hydrogen) atoms. The third-order valence-corrected chi connectivity index (χ3v) is 3.43. The molecular weight excluding hydrogens is 383 g/mol. The SMILES string of the molecule is COc1ccc(O)c(C(=O)OCC(=O)NCc2ccccc2OC(F)(F)F)c1. The van der Waals surface area contributed by atoms with Crippen molar-refractivity contribution in [1.82, 2.24) is 5.32 Å². The van der Waals surface area contributed by atoms with Crippen molar-refractivity contribution in [1.29, 1.82) is 0 Å². The minimum absolute atomic E-state index is 0.0879. The topological polar surface area (TPSA) is 94.1 Å². The van der Waals surface area contributed by atoms with E-state index in [2.05, 4.69) is 10.1 Å². The zero-order chi connectivity index (χ0) is 20.7. The Morgan fingerprint density at radius 3 is 2.54 bits per heavy atom. The van der Waals surface area contributed by atoms with E-state index < -0.39 is 30.6 Å². The van der Waals surface area contributed by atoms with E-state index in [-0.39, 0.29) is 23.4 Å².